The number of rotatable bonds is 5. The predicted octanol–water partition coefficient (Wildman–Crippen LogP) is 1.78. The molecule has 0 amide bonds. The third-order valence-corrected chi connectivity index (χ3v) is 2.32. The number of benzene rings is 1. The van der Waals surface area contributed by atoms with Crippen molar-refractivity contribution < 1.29 is 23.5 Å². The maximum atomic E-state index is 12.7. The first-order chi connectivity index (χ1) is 8.47. The zero-order valence-corrected chi connectivity index (χ0v) is 10.1. The number of carbonyl (C=O) groups is 3. The third-order valence-electron chi connectivity index (χ3n) is 2.32. The molecule has 0 unspecified atom stereocenters. The van der Waals surface area contributed by atoms with Crippen LogP contribution in [0, 0.1) is 11.7 Å². The fourth-order valence-corrected chi connectivity index (χ4v) is 1.46. The minimum Gasteiger partial charge on any atom is -0.465 e. The molecule has 1 atom stereocenters. The highest BCUT2D eigenvalue weighted by atomic mass is 19.1. The average molecular weight is 252 g/mol. The average Bonchev–Trinajstić information content (AvgIpc) is 2.29. The van der Waals surface area contributed by atoms with E-state index >= 15 is 0 Å². The van der Waals surface area contributed by atoms with Gasteiger partial charge in [0.25, 0.3) is 0 Å². The van der Waals surface area contributed by atoms with Gasteiger partial charge in [-0.15, -0.1) is 0 Å². The number of hydrogen-bond acceptors (Lipinski definition) is 4. The smallest absolute Gasteiger partial charge is 0.324 e. The van der Waals surface area contributed by atoms with Gasteiger partial charge in [-0.05, 0) is 38.1 Å². The van der Waals surface area contributed by atoms with E-state index in [2.05, 4.69) is 4.74 Å². The highest BCUT2D eigenvalue weighted by molar-refractivity contribution is 6.21. The van der Waals surface area contributed by atoms with Gasteiger partial charge in [-0.3, -0.25) is 14.4 Å². The Kier molecular flexibility index (Phi) is 4.71. The van der Waals surface area contributed by atoms with Gasteiger partial charge in [0.05, 0.1) is 6.61 Å². The lowest BCUT2D eigenvalue weighted by molar-refractivity contribution is -0.148. The van der Waals surface area contributed by atoms with Crippen molar-refractivity contribution in [3.8, 4) is 0 Å². The van der Waals surface area contributed by atoms with E-state index in [9.17, 15) is 18.8 Å². The quantitative estimate of drug-likeness (QED) is 0.455. The van der Waals surface area contributed by atoms with Crippen LogP contribution in [0.25, 0.3) is 0 Å². The number of ether oxygens (including phenoxy) is 1. The van der Waals surface area contributed by atoms with Crippen LogP contribution >= 0.6 is 0 Å². The number of ketones is 2. The first-order valence-corrected chi connectivity index (χ1v) is 5.44. The molecule has 0 aliphatic heterocycles. The molecule has 0 aliphatic rings. The molecule has 18 heavy (non-hydrogen) atoms. The molecule has 96 valence electrons. The second-order valence-electron chi connectivity index (χ2n) is 3.67. The summed E-state index contributed by atoms with van der Waals surface area (Å²) in [5.74, 6) is -4.12. The summed E-state index contributed by atoms with van der Waals surface area (Å²) in [6.07, 6.45) is 0. The van der Waals surface area contributed by atoms with Crippen LogP contribution in [-0.4, -0.2) is 24.1 Å². The summed E-state index contributed by atoms with van der Waals surface area (Å²) in [5.41, 5.74) is 0.102. The summed E-state index contributed by atoms with van der Waals surface area (Å²) in [6.45, 7) is 2.81. The van der Waals surface area contributed by atoms with Gasteiger partial charge in [0.2, 0.25) is 0 Å². The standard InChI is InChI=1S/C13H13FO4/c1-3-18-13(17)11(8(2)15)12(16)9-4-6-10(14)7-5-9/h4-7,11H,3H2,1-2H3/t11-/m1/s1. The highest BCUT2D eigenvalue weighted by Gasteiger charge is 2.33. The van der Waals surface area contributed by atoms with Crippen LogP contribution in [0.5, 0.6) is 0 Å². The molecule has 0 heterocycles. The Bertz CT molecular complexity index is 464. The van der Waals surface area contributed by atoms with E-state index in [1.807, 2.05) is 0 Å². The Morgan fingerprint density at radius 3 is 2.22 bits per heavy atom. The summed E-state index contributed by atoms with van der Waals surface area (Å²) in [5, 5.41) is 0. The summed E-state index contributed by atoms with van der Waals surface area (Å²) in [7, 11) is 0. The van der Waals surface area contributed by atoms with E-state index in [1.54, 1.807) is 6.92 Å². The molecule has 0 fully saturated rings. The Morgan fingerprint density at radius 1 is 1.22 bits per heavy atom. The Hall–Kier alpha value is -2.04. The van der Waals surface area contributed by atoms with Crippen LogP contribution in [0.4, 0.5) is 4.39 Å². The molecule has 4 nitrogen and oxygen atoms in total. The molecular weight excluding hydrogens is 239 g/mol. The molecule has 1 aromatic rings. The van der Waals surface area contributed by atoms with Gasteiger partial charge >= 0.3 is 5.97 Å². The number of carbonyl (C=O) groups excluding carboxylic acids is 3. The van der Waals surface area contributed by atoms with Gasteiger partial charge in [-0.2, -0.15) is 0 Å². The van der Waals surface area contributed by atoms with Gasteiger partial charge in [-0.1, -0.05) is 0 Å². The van der Waals surface area contributed by atoms with Crippen molar-refractivity contribution in [1.29, 1.82) is 0 Å². The van der Waals surface area contributed by atoms with Crippen LogP contribution in [-0.2, 0) is 14.3 Å². The molecule has 0 spiro atoms. The minimum absolute atomic E-state index is 0.0826. The van der Waals surface area contributed by atoms with Gasteiger partial charge in [-0.25, -0.2) is 4.39 Å². The van der Waals surface area contributed by atoms with E-state index in [1.165, 1.54) is 12.1 Å². The van der Waals surface area contributed by atoms with Crippen LogP contribution in [0.3, 0.4) is 0 Å². The van der Waals surface area contributed by atoms with Crippen molar-refractivity contribution >= 4 is 17.5 Å². The Balaban J connectivity index is 3.00. The number of halogens is 1. The van der Waals surface area contributed by atoms with Gasteiger partial charge in [0.15, 0.2) is 17.5 Å². The van der Waals surface area contributed by atoms with Crippen LogP contribution in [0.15, 0.2) is 24.3 Å². The molecule has 0 saturated carbocycles. The Morgan fingerprint density at radius 2 is 1.78 bits per heavy atom. The second-order valence-corrected chi connectivity index (χ2v) is 3.67. The second kappa shape index (κ2) is 6.05. The van der Waals surface area contributed by atoms with Crippen molar-refractivity contribution in [3.63, 3.8) is 0 Å². The lowest BCUT2D eigenvalue weighted by Gasteiger charge is -2.11. The number of Topliss-reactive ketones (excluding diaryl/α,β-unsaturated/α-hetero) is 2. The zero-order valence-electron chi connectivity index (χ0n) is 10.1. The normalized spacial score (nSPS) is 11.7. The summed E-state index contributed by atoms with van der Waals surface area (Å²) < 4.78 is 17.4. The first kappa shape index (κ1) is 14.0. The van der Waals surface area contributed by atoms with Gasteiger partial charge in [0, 0.05) is 5.56 Å². The van der Waals surface area contributed by atoms with E-state index < -0.39 is 29.3 Å². The number of hydrogen-bond donors (Lipinski definition) is 0. The summed E-state index contributed by atoms with van der Waals surface area (Å²) >= 11 is 0. The molecule has 1 rings (SSSR count). The fourth-order valence-electron chi connectivity index (χ4n) is 1.46. The van der Waals surface area contributed by atoms with Crippen molar-refractivity contribution in [2.24, 2.45) is 5.92 Å². The largest absolute Gasteiger partial charge is 0.465 e. The molecule has 0 bridgehead atoms. The summed E-state index contributed by atoms with van der Waals surface area (Å²) in [6, 6.07) is 4.64. The maximum absolute atomic E-state index is 12.7. The lowest BCUT2D eigenvalue weighted by Crippen LogP contribution is -2.32. The van der Waals surface area contributed by atoms with Crippen LogP contribution in [0.1, 0.15) is 24.2 Å². The van der Waals surface area contributed by atoms with E-state index in [4.69, 9.17) is 0 Å². The van der Waals surface area contributed by atoms with Crippen molar-refractivity contribution in [2.75, 3.05) is 6.61 Å². The SMILES string of the molecule is CCOC(=O)[C@H](C(C)=O)C(=O)c1ccc(F)cc1. The topological polar surface area (TPSA) is 60.4 Å². The molecule has 0 aliphatic carbocycles. The van der Waals surface area contributed by atoms with Crippen molar-refractivity contribution in [1.82, 2.24) is 0 Å². The molecular formula is C13H13FO4. The van der Waals surface area contributed by atoms with Crippen molar-refractivity contribution in [3.05, 3.63) is 35.6 Å². The fraction of sp³-hybridized carbons (Fsp3) is 0.308. The zero-order chi connectivity index (χ0) is 13.7. The Labute approximate surface area is 104 Å². The van der Waals surface area contributed by atoms with Gasteiger partial charge < -0.3 is 4.74 Å². The van der Waals surface area contributed by atoms with Crippen LogP contribution < -0.4 is 0 Å². The molecule has 0 N–H and O–H groups in total. The van der Waals surface area contributed by atoms with E-state index in [0.717, 1.165) is 19.1 Å². The molecule has 0 radical (unpaired) electrons. The first-order valence-electron chi connectivity index (χ1n) is 5.44. The lowest BCUT2D eigenvalue weighted by atomic mass is 9.94. The minimum atomic E-state index is -1.48. The highest BCUT2D eigenvalue weighted by Crippen LogP contribution is 2.13. The van der Waals surface area contributed by atoms with Crippen LogP contribution in [0.2, 0.25) is 0 Å². The van der Waals surface area contributed by atoms with E-state index in [0.29, 0.717) is 0 Å². The van der Waals surface area contributed by atoms with E-state index in [-0.39, 0.29) is 12.2 Å². The molecule has 5 heteroatoms. The molecule has 0 aromatic heterocycles. The summed E-state index contributed by atoms with van der Waals surface area (Å²) in [4.78, 5) is 34.8. The van der Waals surface area contributed by atoms with Gasteiger partial charge in [0.1, 0.15) is 5.82 Å². The molecule has 0 saturated heterocycles. The number of esters is 1. The molecule has 1 aromatic carbocycles. The third kappa shape index (κ3) is 3.23. The maximum Gasteiger partial charge on any atom is 0.324 e. The van der Waals surface area contributed by atoms with Crippen molar-refractivity contribution in [2.45, 2.75) is 13.8 Å². The monoisotopic (exact) mass is 252 g/mol. The predicted molar refractivity (Wildman–Crippen MR) is 61.5 cm³/mol.